The van der Waals surface area contributed by atoms with Crippen molar-refractivity contribution in [1.82, 2.24) is 10.3 Å². The number of nitrogens with zero attached hydrogens (tertiary/aromatic N) is 3. The molecule has 1 heterocycles. The number of aromatic nitrogens is 2. The van der Waals surface area contributed by atoms with Gasteiger partial charge in [0.25, 0.3) is 0 Å². The second-order valence-corrected chi connectivity index (χ2v) is 3.10. The number of nitro groups is 1. The SMILES string of the molecule is O=C(O)CNc1ccc([N+](=O)[O-])c2nonc12. The summed E-state index contributed by atoms with van der Waals surface area (Å²) >= 11 is 0. The molecule has 0 aliphatic carbocycles. The van der Waals surface area contributed by atoms with Crippen molar-refractivity contribution in [3.8, 4) is 0 Å². The van der Waals surface area contributed by atoms with Gasteiger partial charge >= 0.3 is 11.7 Å². The molecule has 0 saturated carbocycles. The Hall–Kier alpha value is -2.71. The number of hydrogen-bond donors (Lipinski definition) is 2. The molecule has 0 aliphatic heterocycles. The van der Waals surface area contributed by atoms with Crippen LogP contribution in [-0.2, 0) is 4.79 Å². The van der Waals surface area contributed by atoms with Crippen LogP contribution < -0.4 is 5.32 Å². The lowest BCUT2D eigenvalue weighted by atomic mass is 10.2. The van der Waals surface area contributed by atoms with Crippen LogP contribution in [0.3, 0.4) is 0 Å². The van der Waals surface area contributed by atoms with Crippen LogP contribution in [-0.4, -0.2) is 32.9 Å². The van der Waals surface area contributed by atoms with Gasteiger partial charge in [0, 0.05) is 6.07 Å². The Balaban J connectivity index is 2.46. The fourth-order valence-corrected chi connectivity index (χ4v) is 1.31. The van der Waals surface area contributed by atoms with Crippen LogP contribution in [0.15, 0.2) is 16.8 Å². The van der Waals surface area contributed by atoms with E-state index in [2.05, 4.69) is 20.3 Å². The molecule has 0 fully saturated rings. The number of carbonyl (C=O) groups is 1. The van der Waals surface area contributed by atoms with Crippen LogP contribution in [0.1, 0.15) is 0 Å². The molecule has 0 atom stereocenters. The monoisotopic (exact) mass is 238 g/mol. The van der Waals surface area contributed by atoms with Crippen LogP contribution >= 0.6 is 0 Å². The minimum absolute atomic E-state index is 0.0228. The number of hydrogen-bond acceptors (Lipinski definition) is 7. The van der Waals surface area contributed by atoms with Crippen molar-refractivity contribution in [3.05, 3.63) is 22.2 Å². The standard InChI is InChI=1S/C8H6N4O5/c13-6(14)3-9-4-1-2-5(12(15)16)8-7(4)10-17-11-8/h1-2,9H,3H2,(H,13,14). The van der Waals surface area contributed by atoms with E-state index in [0.29, 0.717) is 5.69 Å². The number of rotatable bonds is 4. The lowest BCUT2D eigenvalue weighted by Gasteiger charge is -2.02. The van der Waals surface area contributed by atoms with Crippen molar-refractivity contribution in [3.63, 3.8) is 0 Å². The van der Waals surface area contributed by atoms with Crippen molar-refractivity contribution in [1.29, 1.82) is 0 Å². The quantitative estimate of drug-likeness (QED) is 0.585. The van der Waals surface area contributed by atoms with Gasteiger partial charge in [-0.2, -0.15) is 0 Å². The minimum Gasteiger partial charge on any atom is -0.480 e. The molecule has 2 N–H and O–H groups in total. The summed E-state index contributed by atoms with van der Waals surface area (Å²) in [7, 11) is 0. The van der Waals surface area contributed by atoms with Gasteiger partial charge in [0.05, 0.1) is 10.6 Å². The van der Waals surface area contributed by atoms with Gasteiger partial charge in [-0.15, -0.1) is 0 Å². The molecular formula is C8H6N4O5. The molecule has 17 heavy (non-hydrogen) atoms. The molecule has 2 aromatic rings. The summed E-state index contributed by atoms with van der Waals surface area (Å²) in [6.45, 7) is -0.334. The Morgan fingerprint density at radius 3 is 2.82 bits per heavy atom. The number of fused-ring (bicyclic) bond motifs is 1. The number of benzene rings is 1. The third kappa shape index (κ3) is 1.97. The fourth-order valence-electron chi connectivity index (χ4n) is 1.31. The van der Waals surface area contributed by atoms with Crippen molar-refractivity contribution in [2.45, 2.75) is 0 Å². The lowest BCUT2D eigenvalue weighted by molar-refractivity contribution is -0.383. The van der Waals surface area contributed by atoms with Gasteiger partial charge in [-0.25, -0.2) is 4.63 Å². The van der Waals surface area contributed by atoms with Crippen LogP contribution in [0.5, 0.6) is 0 Å². The van der Waals surface area contributed by atoms with E-state index in [1.54, 1.807) is 0 Å². The molecule has 0 spiro atoms. The third-order valence-corrected chi connectivity index (χ3v) is 2.02. The van der Waals surface area contributed by atoms with Crippen molar-refractivity contribution < 1.29 is 19.5 Å². The molecule has 0 bridgehead atoms. The predicted molar refractivity (Wildman–Crippen MR) is 54.6 cm³/mol. The number of carboxylic acids is 1. The van der Waals surface area contributed by atoms with Crippen LogP contribution in [0.2, 0.25) is 0 Å². The van der Waals surface area contributed by atoms with E-state index in [4.69, 9.17) is 5.11 Å². The Labute approximate surface area is 93.1 Å². The highest BCUT2D eigenvalue weighted by Gasteiger charge is 2.19. The average Bonchev–Trinajstić information content (AvgIpc) is 2.73. The Morgan fingerprint density at radius 1 is 1.47 bits per heavy atom. The third-order valence-electron chi connectivity index (χ3n) is 2.02. The molecule has 0 radical (unpaired) electrons. The molecule has 1 aromatic carbocycles. The first kappa shape index (κ1) is 10.8. The number of carboxylic acid groups (broad SMARTS) is 1. The largest absolute Gasteiger partial charge is 0.480 e. The van der Waals surface area contributed by atoms with Gasteiger partial charge in [0.15, 0.2) is 5.52 Å². The van der Waals surface area contributed by atoms with Gasteiger partial charge in [-0.05, 0) is 16.4 Å². The molecular weight excluding hydrogens is 232 g/mol. The fraction of sp³-hybridized carbons (Fsp3) is 0.125. The van der Waals surface area contributed by atoms with Crippen molar-refractivity contribution in [2.75, 3.05) is 11.9 Å². The predicted octanol–water partition coefficient (Wildman–Crippen LogP) is 0.627. The minimum atomic E-state index is -1.06. The van der Waals surface area contributed by atoms with E-state index in [-0.39, 0.29) is 23.3 Å². The molecule has 1 aromatic heterocycles. The van der Waals surface area contributed by atoms with Gasteiger partial charge in [-0.3, -0.25) is 14.9 Å². The van der Waals surface area contributed by atoms with E-state index >= 15 is 0 Å². The molecule has 9 nitrogen and oxygen atoms in total. The maximum absolute atomic E-state index is 10.7. The Kier molecular flexibility index (Phi) is 2.57. The molecule has 0 aliphatic rings. The number of non-ortho nitro benzene ring substituents is 1. The second-order valence-electron chi connectivity index (χ2n) is 3.10. The highest BCUT2D eigenvalue weighted by atomic mass is 16.6. The Morgan fingerprint density at radius 2 is 2.18 bits per heavy atom. The second kappa shape index (κ2) is 4.04. The highest BCUT2D eigenvalue weighted by Crippen LogP contribution is 2.28. The molecule has 0 amide bonds. The summed E-state index contributed by atoms with van der Waals surface area (Å²) in [5, 5.41) is 28.6. The molecule has 0 saturated heterocycles. The molecule has 88 valence electrons. The maximum atomic E-state index is 10.7. The topological polar surface area (TPSA) is 131 Å². The molecule has 0 unspecified atom stereocenters. The van der Waals surface area contributed by atoms with E-state index in [1.807, 2.05) is 0 Å². The zero-order valence-corrected chi connectivity index (χ0v) is 8.28. The normalized spacial score (nSPS) is 10.4. The summed E-state index contributed by atoms with van der Waals surface area (Å²) in [5.41, 5.74) is 0.169. The number of anilines is 1. The molecule has 2 rings (SSSR count). The van der Waals surface area contributed by atoms with E-state index < -0.39 is 10.9 Å². The summed E-state index contributed by atoms with van der Waals surface area (Å²) in [5.74, 6) is -1.06. The van der Waals surface area contributed by atoms with Crippen LogP contribution in [0.4, 0.5) is 11.4 Å². The zero-order chi connectivity index (χ0) is 12.4. The lowest BCUT2D eigenvalue weighted by Crippen LogP contribution is -2.12. The summed E-state index contributed by atoms with van der Waals surface area (Å²) in [6, 6.07) is 2.56. The zero-order valence-electron chi connectivity index (χ0n) is 8.28. The first-order valence-electron chi connectivity index (χ1n) is 4.45. The molecule has 9 heteroatoms. The van der Waals surface area contributed by atoms with Crippen LogP contribution in [0, 0.1) is 10.1 Å². The number of nitro benzene ring substituents is 1. The van der Waals surface area contributed by atoms with E-state index in [9.17, 15) is 14.9 Å². The van der Waals surface area contributed by atoms with Gasteiger partial charge in [0.2, 0.25) is 5.52 Å². The average molecular weight is 238 g/mol. The van der Waals surface area contributed by atoms with Gasteiger partial charge < -0.3 is 10.4 Å². The summed E-state index contributed by atoms with van der Waals surface area (Å²) in [6.07, 6.45) is 0. The van der Waals surface area contributed by atoms with Gasteiger partial charge in [0.1, 0.15) is 6.54 Å². The van der Waals surface area contributed by atoms with Crippen molar-refractivity contribution in [2.24, 2.45) is 0 Å². The number of nitrogens with one attached hydrogen (secondary N) is 1. The first-order valence-corrected chi connectivity index (χ1v) is 4.45. The number of aliphatic carboxylic acids is 1. The van der Waals surface area contributed by atoms with E-state index in [0.717, 1.165) is 0 Å². The maximum Gasteiger partial charge on any atom is 0.322 e. The first-order chi connectivity index (χ1) is 8.09. The van der Waals surface area contributed by atoms with E-state index in [1.165, 1.54) is 12.1 Å². The summed E-state index contributed by atoms with van der Waals surface area (Å²) in [4.78, 5) is 20.4. The Bertz CT molecular complexity index is 593. The smallest absolute Gasteiger partial charge is 0.322 e. The van der Waals surface area contributed by atoms with Crippen LogP contribution in [0.25, 0.3) is 11.0 Å². The van der Waals surface area contributed by atoms with Crippen molar-refractivity contribution >= 4 is 28.4 Å². The van der Waals surface area contributed by atoms with Gasteiger partial charge in [-0.1, -0.05) is 0 Å². The highest BCUT2D eigenvalue weighted by molar-refractivity contribution is 5.94. The summed E-state index contributed by atoms with van der Waals surface area (Å²) < 4.78 is 4.41.